The van der Waals surface area contributed by atoms with E-state index in [1.807, 2.05) is 42.1 Å². The molecule has 0 spiro atoms. The van der Waals surface area contributed by atoms with Crippen LogP contribution in [0.25, 0.3) is 0 Å². The van der Waals surface area contributed by atoms with E-state index in [-0.39, 0.29) is 0 Å². The highest BCUT2D eigenvalue weighted by molar-refractivity contribution is 8.05. The van der Waals surface area contributed by atoms with Crippen LogP contribution in [0.2, 0.25) is 0 Å². The maximum Gasteiger partial charge on any atom is 0.117 e. The van der Waals surface area contributed by atoms with Gasteiger partial charge in [0.25, 0.3) is 0 Å². The molecule has 0 aromatic carbocycles. The van der Waals surface area contributed by atoms with Gasteiger partial charge in [-0.05, 0) is 6.08 Å². The van der Waals surface area contributed by atoms with Gasteiger partial charge in [-0.3, -0.25) is 0 Å². The van der Waals surface area contributed by atoms with Gasteiger partial charge in [-0.25, -0.2) is 3.71 Å². The molecule has 1 nitrogen and oxygen atoms in total. The number of hydrogen-bond acceptors (Lipinski definition) is 2. The number of nitrogens with one attached hydrogen (secondary N) is 1. The summed E-state index contributed by atoms with van der Waals surface area (Å²) in [4.78, 5) is 0. The van der Waals surface area contributed by atoms with E-state index < -0.39 is 0 Å². The van der Waals surface area contributed by atoms with E-state index in [0.29, 0.717) is 0 Å². The van der Waals surface area contributed by atoms with Crippen LogP contribution >= 0.6 is 23.9 Å². The van der Waals surface area contributed by atoms with Crippen molar-refractivity contribution >= 4 is 23.9 Å². The zero-order chi connectivity index (χ0) is 9.23. The largest absolute Gasteiger partial charge is 0.208 e. The molecule has 0 atom stereocenters. The molecule has 0 aromatic rings. The molecule has 0 radical (unpaired) electrons. The molecule has 0 saturated heterocycles. The average molecular weight is 202 g/mol. The topological polar surface area (TPSA) is 4.44 Å². The quantitative estimate of drug-likeness (QED) is 0.472. The van der Waals surface area contributed by atoms with Crippen molar-refractivity contribution in [2.75, 3.05) is 18.1 Å². The smallest absolute Gasteiger partial charge is 0.117 e. The summed E-state index contributed by atoms with van der Waals surface area (Å²) in [6, 6.07) is 0. The lowest BCUT2D eigenvalue weighted by atomic mass is 10.7. The molecule has 0 bridgehead atoms. The van der Waals surface area contributed by atoms with Gasteiger partial charge < -0.3 is 0 Å². The third-order valence-electron chi connectivity index (χ3n) is 1.04. The van der Waals surface area contributed by atoms with Gasteiger partial charge in [0.05, 0.1) is 35.4 Å². The first-order chi connectivity index (χ1) is 5.85. The van der Waals surface area contributed by atoms with E-state index in [1.54, 1.807) is 0 Å². The van der Waals surface area contributed by atoms with Crippen molar-refractivity contribution in [3.05, 3.63) is 38.0 Å². The fourth-order valence-corrected chi connectivity index (χ4v) is 2.40. The molecule has 0 aliphatic carbocycles. The Hall–Kier alpha value is -0.120. The first-order valence-corrected chi connectivity index (χ1v) is 5.76. The van der Waals surface area contributed by atoms with Crippen molar-refractivity contribution in [3.63, 3.8) is 0 Å². The molecule has 3 heteroatoms. The second-order valence-electron chi connectivity index (χ2n) is 2.06. The highest BCUT2D eigenvalue weighted by Crippen LogP contribution is 1.95. The van der Waals surface area contributed by atoms with Crippen LogP contribution in [0, 0.1) is 0 Å². The Kier molecular flexibility index (Phi) is 8.88. The van der Waals surface area contributed by atoms with Gasteiger partial charge in [0.1, 0.15) is 6.54 Å². The summed E-state index contributed by atoms with van der Waals surface area (Å²) in [7, 11) is 0. The predicted molar refractivity (Wildman–Crippen MR) is 61.3 cm³/mol. The molecule has 0 aliphatic rings. The Morgan fingerprint density at radius 2 is 1.42 bits per heavy atom. The number of quaternary nitrogens is 1. The normalized spacial score (nSPS) is 9.75. The molecule has 0 fully saturated rings. The Morgan fingerprint density at radius 1 is 0.917 bits per heavy atom. The summed E-state index contributed by atoms with van der Waals surface area (Å²) < 4.78 is 1.39. The van der Waals surface area contributed by atoms with Crippen molar-refractivity contribution in [1.29, 1.82) is 0 Å². The molecule has 0 aliphatic heterocycles. The van der Waals surface area contributed by atoms with Crippen LogP contribution in [0.4, 0.5) is 0 Å². The average Bonchev–Trinajstić information content (AvgIpc) is 2.10. The molecule has 0 rings (SSSR count). The Bertz CT molecular complexity index is 133. The third kappa shape index (κ3) is 6.58. The van der Waals surface area contributed by atoms with Crippen molar-refractivity contribution in [2.45, 2.75) is 0 Å². The molecule has 0 heterocycles. The summed E-state index contributed by atoms with van der Waals surface area (Å²) in [6.45, 7) is 12.1. The molecule has 12 heavy (non-hydrogen) atoms. The highest BCUT2D eigenvalue weighted by atomic mass is 32.2. The fourth-order valence-electron chi connectivity index (χ4n) is 0.581. The first kappa shape index (κ1) is 11.9. The summed E-state index contributed by atoms with van der Waals surface area (Å²) >= 11 is 3.66. The maximum absolute atomic E-state index is 3.72. The molecule has 68 valence electrons. The number of rotatable bonds is 8. The van der Waals surface area contributed by atoms with E-state index in [0.717, 1.165) is 18.1 Å². The lowest BCUT2D eigenvalue weighted by molar-refractivity contribution is -0.579. The summed E-state index contributed by atoms with van der Waals surface area (Å²) in [6.07, 6.45) is 5.77. The van der Waals surface area contributed by atoms with Gasteiger partial charge >= 0.3 is 0 Å². The lowest BCUT2D eigenvalue weighted by Gasteiger charge is -2.09. The molecule has 0 unspecified atom stereocenters. The summed E-state index contributed by atoms with van der Waals surface area (Å²) in [5.41, 5.74) is 0. The van der Waals surface area contributed by atoms with Crippen molar-refractivity contribution in [3.8, 4) is 0 Å². The van der Waals surface area contributed by atoms with Crippen LogP contribution in [0.1, 0.15) is 0 Å². The summed E-state index contributed by atoms with van der Waals surface area (Å²) in [5, 5.41) is 0. The second-order valence-corrected chi connectivity index (χ2v) is 4.55. The fraction of sp³-hybridized carbons (Fsp3) is 0.333. The highest BCUT2D eigenvalue weighted by Gasteiger charge is 2.06. The van der Waals surface area contributed by atoms with Gasteiger partial charge in [-0.2, -0.15) is 0 Å². The van der Waals surface area contributed by atoms with Gasteiger partial charge in [0.15, 0.2) is 0 Å². The van der Waals surface area contributed by atoms with E-state index in [2.05, 4.69) is 19.7 Å². The van der Waals surface area contributed by atoms with Gasteiger partial charge in [-0.1, -0.05) is 18.7 Å². The summed E-state index contributed by atoms with van der Waals surface area (Å²) in [5.74, 6) is 1.96. The van der Waals surface area contributed by atoms with Crippen molar-refractivity contribution in [1.82, 2.24) is 0 Å². The minimum absolute atomic E-state index is 0.969. The van der Waals surface area contributed by atoms with Crippen LogP contribution in [-0.4, -0.2) is 18.1 Å². The van der Waals surface area contributed by atoms with Gasteiger partial charge in [-0.15, -0.1) is 13.2 Å². The van der Waals surface area contributed by atoms with Crippen LogP contribution in [0.15, 0.2) is 38.0 Å². The van der Waals surface area contributed by atoms with Gasteiger partial charge in [0.2, 0.25) is 0 Å². The number of hydrogen-bond donors (Lipinski definition) is 1. The zero-order valence-corrected chi connectivity index (χ0v) is 8.92. The van der Waals surface area contributed by atoms with Crippen LogP contribution in [-0.2, 0) is 0 Å². The van der Waals surface area contributed by atoms with Crippen LogP contribution < -0.4 is 3.71 Å². The minimum atomic E-state index is 0.969. The lowest BCUT2D eigenvalue weighted by Crippen LogP contribution is -2.98. The van der Waals surface area contributed by atoms with Crippen LogP contribution in [0.5, 0.6) is 0 Å². The van der Waals surface area contributed by atoms with Crippen molar-refractivity contribution < 1.29 is 3.71 Å². The van der Waals surface area contributed by atoms with E-state index >= 15 is 0 Å². The molecule has 0 aromatic heterocycles. The third-order valence-corrected chi connectivity index (χ3v) is 3.52. The van der Waals surface area contributed by atoms with Crippen molar-refractivity contribution in [2.24, 2.45) is 0 Å². The minimum Gasteiger partial charge on any atom is -0.208 e. The zero-order valence-electron chi connectivity index (χ0n) is 7.29. The van der Waals surface area contributed by atoms with E-state index in [4.69, 9.17) is 0 Å². The SMILES string of the molecule is C=CCS[NH+](CC=C)SCC=C. The molecular formula is C9H16NS2+. The molecular weight excluding hydrogens is 186 g/mol. The monoisotopic (exact) mass is 202 g/mol. The standard InChI is InChI=1S/C9H15NS2/c1-4-7-10(11-8-5-2)12-9-6-3/h4-6H,1-3,7-9H2/p+1. The van der Waals surface area contributed by atoms with Crippen LogP contribution in [0.3, 0.4) is 0 Å². The van der Waals surface area contributed by atoms with Gasteiger partial charge in [0, 0.05) is 0 Å². The Balaban J connectivity index is 3.59. The molecule has 0 amide bonds. The maximum atomic E-state index is 3.72. The molecule has 1 N–H and O–H groups in total. The van der Waals surface area contributed by atoms with E-state index in [1.165, 1.54) is 3.71 Å². The second kappa shape index (κ2) is 8.97. The Morgan fingerprint density at radius 3 is 1.75 bits per heavy atom. The van der Waals surface area contributed by atoms with E-state index in [9.17, 15) is 0 Å². The molecule has 0 saturated carbocycles. The first-order valence-electron chi connectivity index (χ1n) is 3.79. The Labute approximate surface area is 83.9 Å². The predicted octanol–water partition coefficient (Wildman–Crippen LogP) is 1.73.